The van der Waals surface area contributed by atoms with Crippen molar-refractivity contribution < 1.29 is 19.1 Å². The second-order valence-corrected chi connectivity index (χ2v) is 5.67. The van der Waals surface area contributed by atoms with Crippen molar-refractivity contribution >= 4 is 23.6 Å². The summed E-state index contributed by atoms with van der Waals surface area (Å²) in [6.45, 7) is 1.83. The van der Waals surface area contributed by atoms with Gasteiger partial charge in [-0.25, -0.2) is 0 Å². The van der Waals surface area contributed by atoms with Gasteiger partial charge in [-0.1, -0.05) is 0 Å². The van der Waals surface area contributed by atoms with Crippen molar-refractivity contribution in [3.05, 3.63) is 24.2 Å². The Hall–Kier alpha value is -1.47. The SMILES string of the molecule is CSCCC(C)(O)CNC(=O)C(=O)NCc1ccco1. The Kier molecular flexibility index (Phi) is 6.60. The molecule has 0 aliphatic carbocycles. The lowest BCUT2D eigenvalue weighted by molar-refractivity contribution is -0.139. The molecule has 0 bridgehead atoms. The lowest BCUT2D eigenvalue weighted by Crippen LogP contribution is -2.46. The highest BCUT2D eigenvalue weighted by molar-refractivity contribution is 7.98. The fraction of sp³-hybridized carbons (Fsp3) is 0.538. The summed E-state index contributed by atoms with van der Waals surface area (Å²) in [5, 5.41) is 14.8. The van der Waals surface area contributed by atoms with E-state index in [0.29, 0.717) is 12.2 Å². The molecule has 1 heterocycles. The molecule has 0 saturated carbocycles. The summed E-state index contributed by atoms with van der Waals surface area (Å²) in [6, 6.07) is 3.40. The predicted octanol–water partition coefficient (Wildman–Crippen LogP) is 0.516. The van der Waals surface area contributed by atoms with Crippen LogP contribution in [0.1, 0.15) is 19.1 Å². The van der Waals surface area contributed by atoms with E-state index in [4.69, 9.17) is 4.42 Å². The molecule has 0 aromatic carbocycles. The molecule has 1 atom stereocenters. The molecule has 7 heteroatoms. The van der Waals surface area contributed by atoms with Crippen LogP contribution >= 0.6 is 11.8 Å². The lowest BCUT2D eigenvalue weighted by Gasteiger charge is -2.22. The van der Waals surface area contributed by atoms with Crippen LogP contribution in [0.3, 0.4) is 0 Å². The molecule has 0 aliphatic heterocycles. The Balaban J connectivity index is 2.29. The number of aliphatic hydroxyl groups is 1. The molecular formula is C13H20N2O4S. The minimum absolute atomic E-state index is 0.0422. The highest BCUT2D eigenvalue weighted by Gasteiger charge is 2.22. The number of hydrogen-bond donors (Lipinski definition) is 3. The van der Waals surface area contributed by atoms with Crippen molar-refractivity contribution in [1.29, 1.82) is 0 Å². The first-order valence-electron chi connectivity index (χ1n) is 6.24. The van der Waals surface area contributed by atoms with Crippen LogP contribution in [0, 0.1) is 0 Å². The number of thioether (sulfide) groups is 1. The number of rotatable bonds is 7. The van der Waals surface area contributed by atoms with Gasteiger partial charge in [-0.15, -0.1) is 0 Å². The van der Waals surface area contributed by atoms with Gasteiger partial charge in [0, 0.05) is 6.54 Å². The van der Waals surface area contributed by atoms with E-state index >= 15 is 0 Å². The van der Waals surface area contributed by atoms with Crippen LogP contribution in [0.2, 0.25) is 0 Å². The molecule has 0 aliphatic rings. The van der Waals surface area contributed by atoms with Crippen LogP contribution in [0.25, 0.3) is 0 Å². The third-order valence-electron chi connectivity index (χ3n) is 2.68. The van der Waals surface area contributed by atoms with E-state index in [-0.39, 0.29) is 13.1 Å². The molecule has 0 saturated heterocycles. The minimum atomic E-state index is -1.01. The first kappa shape index (κ1) is 16.6. The van der Waals surface area contributed by atoms with Gasteiger partial charge in [0.25, 0.3) is 0 Å². The average molecular weight is 300 g/mol. The molecule has 2 amide bonds. The number of hydrogen-bond acceptors (Lipinski definition) is 5. The Morgan fingerprint density at radius 3 is 2.70 bits per heavy atom. The lowest BCUT2D eigenvalue weighted by atomic mass is 10.0. The summed E-state index contributed by atoms with van der Waals surface area (Å²) in [6.07, 6.45) is 3.98. The molecule has 0 fully saturated rings. The standard InChI is InChI=1S/C13H20N2O4S/c1-13(18,5-7-20-2)9-15-12(17)11(16)14-8-10-4-3-6-19-10/h3-4,6,18H,5,7-9H2,1-2H3,(H,14,16)(H,15,17). The van der Waals surface area contributed by atoms with Crippen LogP contribution in [-0.4, -0.2) is 41.1 Å². The summed E-state index contributed by atoms with van der Waals surface area (Å²) in [7, 11) is 0. The van der Waals surface area contributed by atoms with Gasteiger partial charge in [-0.2, -0.15) is 11.8 Å². The van der Waals surface area contributed by atoms with Gasteiger partial charge in [0.05, 0.1) is 18.4 Å². The number of amides is 2. The largest absolute Gasteiger partial charge is 0.467 e. The Morgan fingerprint density at radius 2 is 2.10 bits per heavy atom. The van der Waals surface area contributed by atoms with Crippen molar-refractivity contribution in [2.75, 3.05) is 18.6 Å². The second-order valence-electron chi connectivity index (χ2n) is 4.68. The van der Waals surface area contributed by atoms with Crippen molar-refractivity contribution in [3.63, 3.8) is 0 Å². The minimum Gasteiger partial charge on any atom is -0.467 e. The van der Waals surface area contributed by atoms with Crippen LogP contribution in [-0.2, 0) is 16.1 Å². The van der Waals surface area contributed by atoms with Crippen molar-refractivity contribution in [3.8, 4) is 0 Å². The Labute approximate surface area is 122 Å². The van der Waals surface area contributed by atoms with Crippen LogP contribution in [0.5, 0.6) is 0 Å². The fourth-order valence-corrected chi connectivity index (χ4v) is 2.07. The average Bonchev–Trinajstić information content (AvgIpc) is 2.93. The van der Waals surface area contributed by atoms with E-state index in [2.05, 4.69) is 10.6 Å². The van der Waals surface area contributed by atoms with Crippen molar-refractivity contribution in [1.82, 2.24) is 10.6 Å². The number of carbonyl (C=O) groups excluding carboxylic acids is 2. The summed E-state index contributed by atoms with van der Waals surface area (Å²) in [5.41, 5.74) is -1.01. The molecular weight excluding hydrogens is 280 g/mol. The van der Waals surface area contributed by atoms with Crippen molar-refractivity contribution in [2.45, 2.75) is 25.5 Å². The van der Waals surface area contributed by atoms with Gasteiger partial charge in [-0.3, -0.25) is 9.59 Å². The monoisotopic (exact) mass is 300 g/mol. The third-order valence-corrected chi connectivity index (χ3v) is 3.30. The van der Waals surface area contributed by atoms with Crippen LogP contribution in [0.4, 0.5) is 0 Å². The molecule has 1 rings (SSSR count). The molecule has 1 aromatic rings. The smallest absolute Gasteiger partial charge is 0.309 e. The molecule has 112 valence electrons. The van der Waals surface area contributed by atoms with Gasteiger partial charge in [0.15, 0.2) is 0 Å². The second kappa shape index (κ2) is 7.96. The molecule has 1 unspecified atom stereocenters. The van der Waals surface area contributed by atoms with E-state index in [1.165, 1.54) is 6.26 Å². The zero-order valence-corrected chi connectivity index (χ0v) is 12.5. The zero-order valence-electron chi connectivity index (χ0n) is 11.6. The number of furan rings is 1. The van der Waals surface area contributed by atoms with Crippen LogP contribution < -0.4 is 10.6 Å². The fourth-order valence-electron chi connectivity index (χ4n) is 1.42. The number of carbonyl (C=O) groups is 2. The molecule has 0 spiro atoms. The quantitative estimate of drug-likeness (QED) is 0.638. The first-order valence-corrected chi connectivity index (χ1v) is 7.64. The van der Waals surface area contributed by atoms with Crippen LogP contribution in [0.15, 0.2) is 22.8 Å². The highest BCUT2D eigenvalue weighted by atomic mass is 32.2. The zero-order chi connectivity index (χ0) is 15.0. The maximum atomic E-state index is 11.6. The van der Waals surface area contributed by atoms with Gasteiger partial charge in [0.2, 0.25) is 0 Å². The van der Waals surface area contributed by atoms with E-state index in [1.807, 2.05) is 6.26 Å². The molecule has 6 nitrogen and oxygen atoms in total. The van der Waals surface area contributed by atoms with Gasteiger partial charge in [0.1, 0.15) is 5.76 Å². The molecule has 3 N–H and O–H groups in total. The Morgan fingerprint density at radius 1 is 1.40 bits per heavy atom. The first-order chi connectivity index (χ1) is 9.44. The van der Waals surface area contributed by atoms with Gasteiger partial charge in [-0.05, 0) is 37.5 Å². The van der Waals surface area contributed by atoms with E-state index < -0.39 is 17.4 Å². The maximum absolute atomic E-state index is 11.6. The molecule has 1 aromatic heterocycles. The maximum Gasteiger partial charge on any atom is 0.309 e. The van der Waals surface area contributed by atoms with Crippen molar-refractivity contribution in [2.24, 2.45) is 0 Å². The third kappa shape index (κ3) is 6.12. The van der Waals surface area contributed by atoms with E-state index in [1.54, 1.807) is 30.8 Å². The normalized spacial score (nSPS) is 13.6. The molecule has 0 radical (unpaired) electrons. The summed E-state index contributed by atoms with van der Waals surface area (Å²) in [5.74, 6) is -0.158. The van der Waals surface area contributed by atoms with E-state index in [9.17, 15) is 14.7 Å². The number of nitrogens with one attached hydrogen (secondary N) is 2. The topological polar surface area (TPSA) is 91.6 Å². The predicted molar refractivity (Wildman–Crippen MR) is 77.2 cm³/mol. The molecule has 20 heavy (non-hydrogen) atoms. The highest BCUT2D eigenvalue weighted by Crippen LogP contribution is 2.11. The Bertz CT molecular complexity index is 432. The summed E-state index contributed by atoms with van der Waals surface area (Å²) in [4.78, 5) is 23.1. The summed E-state index contributed by atoms with van der Waals surface area (Å²) >= 11 is 1.61. The van der Waals surface area contributed by atoms with Gasteiger partial charge >= 0.3 is 11.8 Å². The van der Waals surface area contributed by atoms with Gasteiger partial charge < -0.3 is 20.2 Å². The summed E-state index contributed by atoms with van der Waals surface area (Å²) < 4.78 is 5.03. The van der Waals surface area contributed by atoms with E-state index in [0.717, 1.165) is 5.75 Å².